The maximum absolute atomic E-state index is 12.2. The van der Waals surface area contributed by atoms with Gasteiger partial charge in [-0.3, -0.25) is 14.4 Å². The summed E-state index contributed by atoms with van der Waals surface area (Å²) in [7, 11) is 0. The van der Waals surface area contributed by atoms with Gasteiger partial charge >= 0.3 is 0 Å². The number of carbonyl (C=O) groups excluding carboxylic acids is 3. The predicted octanol–water partition coefficient (Wildman–Crippen LogP) is -0.148. The summed E-state index contributed by atoms with van der Waals surface area (Å²) in [5, 5.41) is 5.43. The molecule has 7 nitrogen and oxygen atoms in total. The molecule has 1 saturated heterocycles. The maximum atomic E-state index is 12.2. The van der Waals surface area contributed by atoms with Crippen molar-refractivity contribution < 1.29 is 14.4 Å². The molecule has 1 atom stereocenters. The molecule has 23 heavy (non-hydrogen) atoms. The summed E-state index contributed by atoms with van der Waals surface area (Å²) in [5.41, 5.74) is 5.37. The SMILES string of the molecule is CC(C)CCC(=O)NCC(=O)N1CCCC(C(=O)NCCN)C1. The number of nitrogens with two attached hydrogens (primary N) is 1. The molecule has 7 heteroatoms. The first kappa shape index (κ1) is 19.4. The number of hydrogen-bond acceptors (Lipinski definition) is 4. The minimum Gasteiger partial charge on any atom is -0.355 e. The average molecular weight is 326 g/mol. The molecule has 1 unspecified atom stereocenters. The van der Waals surface area contributed by atoms with E-state index in [1.54, 1.807) is 4.90 Å². The molecule has 1 fully saturated rings. The van der Waals surface area contributed by atoms with Crippen LogP contribution < -0.4 is 16.4 Å². The van der Waals surface area contributed by atoms with Crippen LogP contribution in [0.4, 0.5) is 0 Å². The monoisotopic (exact) mass is 326 g/mol. The first-order valence-electron chi connectivity index (χ1n) is 8.46. The Labute approximate surface area is 138 Å². The molecule has 0 bridgehead atoms. The minimum absolute atomic E-state index is 0.00800. The van der Waals surface area contributed by atoms with Crippen molar-refractivity contribution in [2.24, 2.45) is 17.6 Å². The Morgan fingerprint density at radius 3 is 2.65 bits per heavy atom. The lowest BCUT2D eigenvalue weighted by atomic mass is 9.97. The number of piperidine rings is 1. The van der Waals surface area contributed by atoms with E-state index in [9.17, 15) is 14.4 Å². The van der Waals surface area contributed by atoms with E-state index in [-0.39, 0.29) is 30.2 Å². The molecule has 0 radical (unpaired) electrons. The number of nitrogens with one attached hydrogen (secondary N) is 2. The van der Waals surface area contributed by atoms with Crippen LogP contribution in [0.3, 0.4) is 0 Å². The van der Waals surface area contributed by atoms with Gasteiger partial charge in [-0.1, -0.05) is 13.8 Å². The van der Waals surface area contributed by atoms with Crippen molar-refractivity contribution in [3.8, 4) is 0 Å². The summed E-state index contributed by atoms with van der Waals surface area (Å²) < 4.78 is 0. The van der Waals surface area contributed by atoms with Crippen LogP contribution in [0.5, 0.6) is 0 Å². The van der Waals surface area contributed by atoms with Crippen LogP contribution in [0.15, 0.2) is 0 Å². The molecular weight excluding hydrogens is 296 g/mol. The first-order valence-corrected chi connectivity index (χ1v) is 8.46. The van der Waals surface area contributed by atoms with E-state index in [2.05, 4.69) is 24.5 Å². The van der Waals surface area contributed by atoms with Crippen LogP contribution in [0.2, 0.25) is 0 Å². The first-order chi connectivity index (χ1) is 10.9. The largest absolute Gasteiger partial charge is 0.355 e. The highest BCUT2D eigenvalue weighted by Crippen LogP contribution is 2.16. The zero-order chi connectivity index (χ0) is 17.2. The van der Waals surface area contributed by atoms with Gasteiger partial charge < -0.3 is 21.3 Å². The van der Waals surface area contributed by atoms with Crippen LogP contribution in [0.1, 0.15) is 39.5 Å². The molecule has 1 aliphatic heterocycles. The van der Waals surface area contributed by atoms with Gasteiger partial charge in [-0.25, -0.2) is 0 Å². The maximum Gasteiger partial charge on any atom is 0.241 e. The fraction of sp³-hybridized carbons (Fsp3) is 0.812. The van der Waals surface area contributed by atoms with E-state index in [1.165, 1.54) is 0 Å². The number of carbonyl (C=O) groups is 3. The highest BCUT2D eigenvalue weighted by atomic mass is 16.2. The predicted molar refractivity (Wildman–Crippen MR) is 88.4 cm³/mol. The second kappa shape index (κ2) is 10.2. The normalized spacial score (nSPS) is 17.9. The van der Waals surface area contributed by atoms with Crippen molar-refractivity contribution in [1.29, 1.82) is 0 Å². The van der Waals surface area contributed by atoms with Gasteiger partial charge in [0.05, 0.1) is 12.5 Å². The molecule has 1 rings (SSSR count). The molecular formula is C16H30N4O3. The van der Waals surface area contributed by atoms with E-state index in [1.807, 2.05) is 0 Å². The lowest BCUT2D eigenvalue weighted by molar-refractivity contribution is -0.136. The number of likely N-dealkylation sites (tertiary alicyclic amines) is 1. The van der Waals surface area contributed by atoms with Crippen LogP contribution >= 0.6 is 0 Å². The molecule has 1 aliphatic rings. The van der Waals surface area contributed by atoms with E-state index in [4.69, 9.17) is 5.73 Å². The number of amides is 3. The van der Waals surface area contributed by atoms with Crippen molar-refractivity contribution in [3.63, 3.8) is 0 Å². The number of nitrogens with zero attached hydrogens (tertiary/aromatic N) is 1. The van der Waals surface area contributed by atoms with Crippen molar-refractivity contribution >= 4 is 17.7 Å². The summed E-state index contributed by atoms with van der Waals surface area (Å²) in [6.45, 7) is 6.04. The topological polar surface area (TPSA) is 105 Å². The average Bonchev–Trinajstić information content (AvgIpc) is 2.55. The molecule has 0 aliphatic carbocycles. The van der Waals surface area contributed by atoms with Crippen molar-refractivity contribution in [3.05, 3.63) is 0 Å². The van der Waals surface area contributed by atoms with E-state index in [0.717, 1.165) is 19.3 Å². The summed E-state index contributed by atoms with van der Waals surface area (Å²) in [4.78, 5) is 37.5. The van der Waals surface area contributed by atoms with Crippen molar-refractivity contribution in [2.75, 3.05) is 32.7 Å². The quantitative estimate of drug-likeness (QED) is 0.577. The summed E-state index contributed by atoms with van der Waals surface area (Å²) in [6.07, 6.45) is 2.83. The van der Waals surface area contributed by atoms with Gasteiger partial charge in [0.15, 0.2) is 0 Å². The van der Waals surface area contributed by atoms with Gasteiger partial charge in [0.1, 0.15) is 0 Å². The van der Waals surface area contributed by atoms with Crippen LogP contribution in [-0.4, -0.2) is 55.3 Å². The minimum atomic E-state index is -0.184. The molecule has 0 spiro atoms. The van der Waals surface area contributed by atoms with E-state index in [0.29, 0.717) is 38.5 Å². The Hall–Kier alpha value is -1.63. The summed E-state index contributed by atoms with van der Waals surface area (Å²) in [6, 6.07) is 0. The van der Waals surface area contributed by atoms with Gasteiger partial charge in [0, 0.05) is 32.6 Å². The Balaban J connectivity index is 2.35. The molecule has 0 saturated carbocycles. The Kier molecular flexibility index (Phi) is 8.61. The van der Waals surface area contributed by atoms with Gasteiger partial charge in [-0.15, -0.1) is 0 Å². The molecule has 1 heterocycles. The molecule has 132 valence electrons. The molecule has 0 aromatic heterocycles. The smallest absolute Gasteiger partial charge is 0.241 e. The number of hydrogen-bond donors (Lipinski definition) is 3. The van der Waals surface area contributed by atoms with E-state index < -0.39 is 0 Å². The van der Waals surface area contributed by atoms with Crippen LogP contribution in [0, 0.1) is 11.8 Å². The number of rotatable bonds is 8. The zero-order valence-electron chi connectivity index (χ0n) is 14.3. The third-order valence-corrected chi connectivity index (χ3v) is 3.97. The van der Waals surface area contributed by atoms with Gasteiger partial charge in [0.25, 0.3) is 0 Å². The van der Waals surface area contributed by atoms with E-state index >= 15 is 0 Å². The Bertz CT molecular complexity index is 412. The fourth-order valence-corrected chi connectivity index (χ4v) is 2.55. The highest BCUT2D eigenvalue weighted by molar-refractivity contribution is 5.85. The second-order valence-corrected chi connectivity index (χ2v) is 6.47. The zero-order valence-corrected chi connectivity index (χ0v) is 14.3. The fourth-order valence-electron chi connectivity index (χ4n) is 2.55. The van der Waals surface area contributed by atoms with Gasteiger partial charge in [-0.05, 0) is 25.2 Å². The standard InChI is InChI=1S/C16H30N4O3/c1-12(2)5-6-14(21)19-10-15(22)20-9-3-4-13(11-20)16(23)18-8-7-17/h12-13H,3-11,17H2,1-2H3,(H,18,23)(H,19,21). The highest BCUT2D eigenvalue weighted by Gasteiger charge is 2.28. The molecule has 0 aromatic rings. The molecule has 4 N–H and O–H groups in total. The van der Waals surface area contributed by atoms with Crippen LogP contribution in [-0.2, 0) is 14.4 Å². The van der Waals surface area contributed by atoms with Gasteiger partial charge in [0.2, 0.25) is 17.7 Å². The van der Waals surface area contributed by atoms with Crippen molar-refractivity contribution in [1.82, 2.24) is 15.5 Å². The molecule has 3 amide bonds. The Morgan fingerprint density at radius 1 is 1.26 bits per heavy atom. The second-order valence-electron chi connectivity index (χ2n) is 6.47. The van der Waals surface area contributed by atoms with Crippen molar-refractivity contribution in [2.45, 2.75) is 39.5 Å². The summed E-state index contributed by atoms with van der Waals surface area (Å²) >= 11 is 0. The Morgan fingerprint density at radius 2 is 2.00 bits per heavy atom. The van der Waals surface area contributed by atoms with Gasteiger partial charge in [-0.2, -0.15) is 0 Å². The lowest BCUT2D eigenvalue weighted by Crippen LogP contribution is -2.48. The third kappa shape index (κ3) is 7.45. The third-order valence-electron chi connectivity index (χ3n) is 3.97. The lowest BCUT2D eigenvalue weighted by Gasteiger charge is -2.32. The van der Waals surface area contributed by atoms with Crippen LogP contribution in [0.25, 0.3) is 0 Å². The summed E-state index contributed by atoms with van der Waals surface area (Å²) in [5.74, 6) is 0.0108. The molecule has 0 aromatic carbocycles.